The summed E-state index contributed by atoms with van der Waals surface area (Å²) >= 11 is 3.53. The molecule has 0 radical (unpaired) electrons. The Kier molecular flexibility index (Phi) is 5.36. The van der Waals surface area contributed by atoms with Crippen LogP contribution in [0, 0.1) is 0 Å². The first-order valence-corrected chi connectivity index (χ1v) is 7.39. The van der Waals surface area contributed by atoms with Crippen LogP contribution in [-0.4, -0.2) is 43.7 Å². The van der Waals surface area contributed by atoms with Crippen LogP contribution in [0.5, 0.6) is 0 Å². The Morgan fingerprint density at radius 2 is 2.11 bits per heavy atom. The first kappa shape index (κ1) is 14.5. The van der Waals surface area contributed by atoms with Gasteiger partial charge in [0, 0.05) is 30.7 Å². The van der Waals surface area contributed by atoms with Gasteiger partial charge in [-0.1, -0.05) is 34.1 Å². The molecule has 0 aliphatic carbocycles. The van der Waals surface area contributed by atoms with E-state index < -0.39 is 0 Å². The van der Waals surface area contributed by atoms with Crippen molar-refractivity contribution in [2.75, 3.05) is 32.8 Å². The zero-order valence-electron chi connectivity index (χ0n) is 11.1. The molecule has 1 aliphatic rings. The summed E-state index contributed by atoms with van der Waals surface area (Å²) in [6, 6.07) is 7.53. The first-order valence-electron chi connectivity index (χ1n) is 6.60. The second-order valence-corrected chi connectivity index (χ2v) is 5.32. The average Bonchev–Trinajstić information content (AvgIpc) is 2.43. The summed E-state index contributed by atoms with van der Waals surface area (Å²) in [5.74, 6) is -0.170. The molecule has 104 valence electrons. The van der Waals surface area contributed by atoms with Crippen LogP contribution in [0.15, 0.2) is 28.7 Å². The molecule has 0 amide bonds. The second kappa shape index (κ2) is 7.03. The van der Waals surface area contributed by atoms with Gasteiger partial charge >= 0.3 is 5.97 Å². The predicted octanol–water partition coefficient (Wildman–Crippen LogP) is 1.96. The lowest BCUT2D eigenvalue weighted by Crippen LogP contribution is -2.47. The number of halogens is 1. The molecular formula is C14H19BrN2O2. The number of hydrogen-bond acceptors (Lipinski definition) is 4. The molecular weight excluding hydrogens is 308 g/mol. The van der Waals surface area contributed by atoms with E-state index in [4.69, 9.17) is 4.74 Å². The molecule has 2 rings (SSSR count). The Hall–Kier alpha value is -0.910. The van der Waals surface area contributed by atoms with E-state index in [0.717, 1.165) is 36.2 Å². The molecule has 0 spiro atoms. The van der Waals surface area contributed by atoms with Crippen molar-refractivity contribution < 1.29 is 9.53 Å². The van der Waals surface area contributed by atoms with Crippen LogP contribution in [-0.2, 0) is 9.53 Å². The third-order valence-electron chi connectivity index (χ3n) is 3.23. The van der Waals surface area contributed by atoms with Crippen molar-refractivity contribution >= 4 is 21.9 Å². The van der Waals surface area contributed by atoms with Crippen LogP contribution >= 0.6 is 15.9 Å². The van der Waals surface area contributed by atoms with Crippen molar-refractivity contribution in [2.45, 2.75) is 13.0 Å². The Balaban J connectivity index is 2.28. The Bertz CT molecular complexity index is 433. The normalized spacial score (nSPS) is 18.0. The number of benzene rings is 1. The van der Waals surface area contributed by atoms with Crippen molar-refractivity contribution in [2.24, 2.45) is 0 Å². The Labute approximate surface area is 122 Å². The van der Waals surface area contributed by atoms with Gasteiger partial charge in [-0.05, 0) is 18.6 Å². The smallest absolute Gasteiger partial charge is 0.328 e. The summed E-state index contributed by atoms with van der Waals surface area (Å²) in [6.07, 6.45) is 0. The fourth-order valence-corrected chi connectivity index (χ4v) is 2.83. The molecule has 1 saturated heterocycles. The zero-order valence-corrected chi connectivity index (χ0v) is 12.6. The van der Waals surface area contributed by atoms with E-state index in [1.807, 2.05) is 31.2 Å². The number of esters is 1. The number of hydrogen-bond donors (Lipinski definition) is 1. The number of ether oxygens (including phenoxy) is 1. The fraction of sp³-hybridized carbons (Fsp3) is 0.500. The van der Waals surface area contributed by atoms with Gasteiger partial charge in [-0.25, -0.2) is 4.79 Å². The van der Waals surface area contributed by atoms with Crippen molar-refractivity contribution in [3.8, 4) is 0 Å². The van der Waals surface area contributed by atoms with Crippen molar-refractivity contribution in [1.82, 2.24) is 10.2 Å². The lowest BCUT2D eigenvalue weighted by Gasteiger charge is -2.34. The van der Waals surface area contributed by atoms with Crippen molar-refractivity contribution in [3.05, 3.63) is 34.3 Å². The molecule has 1 unspecified atom stereocenters. The molecule has 4 nitrogen and oxygen atoms in total. The minimum Gasteiger partial charge on any atom is -0.465 e. The molecule has 0 aromatic heterocycles. The summed E-state index contributed by atoms with van der Waals surface area (Å²) in [7, 11) is 0. The largest absolute Gasteiger partial charge is 0.465 e. The van der Waals surface area contributed by atoms with E-state index in [-0.39, 0.29) is 12.0 Å². The molecule has 1 N–H and O–H groups in total. The Morgan fingerprint density at radius 3 is 2.74 bits per heavy atom. The number of carbonyl (C=O) groups is 1. The average molecular weight is 327 g/mol. The summed E-state index contributed by atoms with van der Waals surface area (Å²) in [6.45, 7) is 5.76. The first-order chi connectivity index (χ1) is 9.24. The van der Waals surface area contributed by atoms with Gasteiger partial charge in [-0.15, -0.1) is 0 Å². The second-order valence-electron chi connectivity index (χ2n) is 4.46. The maximum absolute atomic E-state index is 12.3. The molecule has 1 heterocycles. The van der Waals surface area contributed by atoms with Crippen LogP contribution in [0.3, 0.4) is 0 Å². The van der Waals surface area contributed by atoms with Crippen LogP contribution in [0.4, 0.5) is 0 Å². The molecule has 1 aromatic carbocycles. The van der Waals surface area contributed by atoms with Gasteiger partial charge in [0.2, 0.25) is 0 Å². The predicted molar refractivity (Wildman–Crippen MR) is 78.0 cm³/mol. The van der Waals surface area contributed by atoms with E-state index in [1.54, 1.807) is 0 Å². The highest BCUT2D eigenvalue weighted by atomic mass is 79.9. The van der Waals surface area contributed by atoms with Gasteiger partial charge < -0.3 is 10.1 Å². The van der Waals surface area contributed by atoms with Gasteiger partial charge in [0.25, 0.3) is 0 Å². The SMILES string of the molecule is CCOC(=O)C(c1ccccc1Br)N1CCNCC1. The van der Waals surface area contributed by atoms with Crippen LogP contribution < -0.4 is 5.32 Å². The molecule has 5 heteroatoms. The minimum absolute atomic E-state index is 0.170. The minimum atomic E-state index is -0.322. The quantitative estimate of drug-likeness (QED) is 0.859. The van der Waals surface area contributed by atoms with Gasteiger partial charge in [0.15, 0.2) is 0 Å². The molecule has 1 fully saturated rings. The lowest BCUT2D eigenvalue weighted by atomic mass is 10.0. The van der Waals surface area contributed by atoms with Crippen LogP contribution in [0.25, 0.3) is 0 Å². The summed E-state index contributed by atoms with van der Waals surface area (Å²) in [4.78, 5) is 14.5. The monoisotopic (exact) mass is 326 g/mol. The number of carbonyl (C=O) groups excluding carboxylic acids is 1. The maximum Gasteiger partial charge on any atom is 0.328 e. The topological polar surface area (TPSA) is 41.6 Å². The third-order valence-corrected chi connectivity index (χ3v) is 3.95. The highest BCUT2D eigenvalue weighted by Gasteiger charge is 2.31. The van der Waals surface area contributed by atoms with Gasteiger partial charge in [-0.2, -0.15) is 0 Å². The van der Waals surface area contributed by atoms with E-state index in [0.29, 0.717) is 6.61 Å². The number of nitrogens with one attached hydrogen (secondary N) is 1. The zero-order chi connectivity index (χ0) is 13.7. The third kappa shape index (κ3) is 3.55. The summed E-state index contributed by atoms with van der Waals surface area (Å²) < 4.78 is 6.20. The molecule has 1 aromatic rings. The fourth-order valence-electron chi connectivity index (χ4n) is 2.33. The van der Waals surface area contributed by atoms with Gasteiger partial charge in [0.05, 0.1) is 6.61 Å². The van der Waals surface area contributed by atoms with Crippen molar-refractivity contribution in [3.63, 3.8) is 0 Å². The highest BCUT2D eigenvalue weighted by molar-refractivity contribution is 9.10. The highest BCUT2D eigenvalue weighted by Crippen LogP contribution is 2.29. The molecule has 1 atom stereocenters. The summed E-state index contributed by atoms with van der Waals surface area (Å²) in [5.41, 5.74) is 0.975. The van der Waals surface area contributed by atoms with E-state index in [2.05, 4.69) is 26.1 Å². The van der Waals surface area contributed by atoms with Gasteiger partial charge in [-0.3, -0.25) is 4.90 Å². The van der Waals surface area contributed by atoms with Crippen LogP contribution in [0.2, 0.25) is 0 Å². The van der Waals surface area contributed by atoms with Gasteiger partial charge in [0.1, 0.15) is 6.04 Å². The molecule has 0 bridgehead atoms. The number of nitrogens with zero attached hydrogens (tertiary/aromatic N) is 1. The molecule has 1 aliphatic heterocycles. The lowest BCUT2D eigenvalue weighted by molar-refractivity contribution is -0.150. The maximum atomic E-state index is 12.3. The van der Waals surface area contributed by atoms with E-state index in [1.165, 1.54) is 0 Å². The summed E-state index contributed by atoms with van der Waals surface area (Å²) in [5, 5.41) is 3.30. The number of rotatable bonds is 4. The van der Waals surface area contributed by atoms with Crippen LogP contribution in [0.1, 0.15) is 18.5 Å². The Morgan fingerprint density at radius 1 is 1.42 bits per heavy atom. The van der Waals surface area contributed by atoms with E-state index in [9.17, 15) is 4.79 Å². The van der Waals surface area contributed by atoms with E-state index >= 15 is 0 Å². The van der Waals surface area contributed by atoms with Crippen molar-refractivity contribution in [1.29, 1.82) is 0 Å². The standard InChI is InChI=1S/C14H19BrN2O2/c1-2-19-14(18)13(17-9-7-16-8-10-17)11-5-3-4-6-12(11)15/h3-6,13,16H,2,7-10H2,1H3. The molecule has 19 heavy (non-hydrogen) atoms. The molecule has 0 saturated carbocycles. The number of piperazine rings is 1.